The molecule has 0 radical (unpaired) electrons. The van der Waals surface area contributed by atoms with Gasteiger partial charge in [0, 0.05) is 25.2 Å². The highest BCUT2D eigenvalue weighted by atomic mass is 16.5. The van der Waals surface area contributed by atoms with E-state index in [1.54, 1.807) is 28.4 Å². The quantitative estimate of drug-likeness (QED) is 0.0389. The van der Waals surface area contributed by atoms with E-state index < -0.39 is 0 Å². The van der Waals surface area contributed by atoms with E-state index in [-0.39, 0.29) is 12.1 Å². The van der Waals surface area contributed by atoms with Gasteiger partial charge in [-0.15, -0.1) is 5.10 Å². The molecule has 2 heterocycles. The first-order chi connectivity index (χ1) is 27.0. The molecule has 3 aromatic rings. The zero-order valence-corrected chi connectivity index (χ0v) is 33.9. The summed E-state index contributed by atoms with van der Waals surface area (Å²) in [6.07, 6.45) is 32.3. The number of methoxy groups -OCH3 is 4. The molecule has 0 unspecified atom stereocenters. The number of esters is 1. The number of carbonyl (C=O) groups excluding carboxylic acids is 1. The Hall–Kier alpha value is -4.47. The molecule has 4 rings (SSSR count). The first-order valence-corrected chi connectivity index (χ1v) is 20.6. The highest BCUT2D eigenvalue weighted by molar-refractivity contribution is 5.82. The second-order valence-electron chi connectivity index (χ2n) is 14.4. The molecule has 0 spiro atoms. The molecule has 1 aliphatic rings. The maximum atomic E-state index is 11.3. The van der Waals surface area contributed by atoms with E-state index in [9.17, 15) is 4.79 Å². The smallest absolute Gasteiger partial charge is 0.330 e. The lowest BCUT2D eigenvalue weighted by Gasteiger charge is -2.18. The minimum absolute atomic E-state index is 0.0535. The Morgan fingerprint density at radius 1 is 0.691 bits per heavy atom. The SMILES string of the molecule is COc1ccc(/C=C\c2cc(OC)c(OC)c(OC)c2)cc1OCCCCCCCCCCCCCCCc1cn(CCCCC[C@H]2CC=CC(=O)O2)nn1. The third kappa shape index (κ3) is 16.0. The summed E-state index contributed by atoms with van der Waals surface area (Å²) in [5, 5.41) is 8.69. The number of unbranched alkanes of at least 4 members (excludes halogenated alkanes) is 14. The van der Waals surface area contributed by atoms with Crippen LogP contribution in [0, 0.1) is 0 Å². The van der Waals surface area contributed by atoms with Gasteiger partial charge in [0.05, 0.1) is 40.7 Å². The number of hydrogen-bond acceptors (Lipinski definition) is 9. The van der Waals surface area contributed by atoms with Crippen LogP contribution in [0.2, 0.25) is 0 Å². The van der Waals surface area contributed by atoms with Gasteiger partial charge in [-0.05, 0) is 73.9 Å². The second-order valence-corrected chi connectivity index (χ2v) is 14.4. The minimum atomic E-state index is -0.206. The Morgan fingerprint density at radius 3 is 1.93 bits per heavy atom. The molecular weight excluding hydrogens is 695 g/mol. The van der Waals surface area contributed by atoms with Crippen LogP contribution in [0.1, 0.15) is 132 Å². The molecule has 0 fully saturated rings. The zero-order chi connectivity index (χ0) is 38.9. The molecule has 1 aliphatic heterocycles. The summed E-state index contributed by atoms with van der Waals surface area (Å²) < 4.78 is 35.4. The molecule has 302 valence electrons. The molecule has 1 atom stereocenters. The number of aromatic nitrogens is 3. The summed E-state index contributed by atoms with van der Waals surface area (Å²) in [7, 11) is 6.51. The normalized spacial score (nSPS) is 14.0. The summed E-state index contributed by atoms with van der Waals surface area (Å²) in [6, 6.07) is 9.83. The summed E-state index contributed by atoms with van der Waals surface area (Å²) in [5.41, 5.74) is 3.06. The molecule has 0 aliphatic carbocycles. The molecule has 1 aromatic heterocycles. The van der Waals surface area contributed by atoms with Crippen LogP contribution in [0.4, 0.5) is 0 Å². The first kappa shape index (κ1) is 43.3. The first-order valence-electron chi connectivity index (χ1n) is 20.6. The number of nitrogens with zero attached hydrogens (tertiary/aromatic N) is 3. The van der Waals surface area contributed by atoms with Gasteiger partial charge in [-0.2, -0.15) is 0 Å². The van der Waals surface area contributed by atoms with Crippen molar-refractivity contribution in [3.8, 4) is 28.7 Å². The van der Waals surface area contributed by atoms with Crippen LogP contribution in [-0.2, 0) is 22.5 Å². The van der Waals surface area contributed by atoms with Crippen LogP contribution in [0.25, 0.3) is 12.2 Å². The molecule has 55 heavy (non-hydrogen) atoms. The van der Waals surface area contributed by atoms with E-state index in [0.29, 0.717) is 23.9 Å². The van der Waals surface area contributed by atoms with Gasteiger partial charge in [-0.3, -0.25) is 4.68 Å². The molecule has 0 N–H and O–H groups in total. The molecule has 10 nitrogen and oxygen atoms in total. The van der Waals surface area contributed by atoms with Gasteiger partial charge in [0.1, 0.15) is 6.10 Å². The highest BCUT2D eigenvalue weighted by Gasteiger charge is 2.15. The second kappa shape index (κ2) is 25.6. The number of ether oxygens (including phenoxy) is 6. The van der Waals surface area contributed by atoms with Crippen molar-refractivity contribution >= 4 is 18.1 Å². The lowest BCUT2D eigenvalue weighted by atomic mass is 10.0. The van der Waals surface area contributed by atoms with Crippen LogP contribution >= 0.6 is 0 Å². The van der Waals surface area contributed by atoms with Crippen LogP contribution in [0.15, 0.2) is 48.7 Å². The Kier molecular flexibility index (Phi) is 20.1. The average Bonchev–Trinajstić information content (AvgIpc) is 3.66. The van der Waals surface area contributed by atoms with Crippen molar-refractivity contribution in [1.82, 2.24) is 15.0 Å². The third-order valence-corrected chi connectivity index (χ3v) is 10.1. The summed E-state index contributed by atoms with van der Waals surface area (Å²) in [5.74, 6) is 3.11. The van der Waals surface area contributed by atoms with Crippen LogP contribution in [0.5, 0.6) is 28.7 Å². The summed E-state index contributed by atoms with van der Waals surface area (Å²) in [4.78, 5) is 11.3. The van der Waals surface area contributed by atoms with E-state index >= 15 is 0 Å². The monoisotopic (exact) mass is 759 g/mol. The van der Waals surface area contributed by atoms with Crippen molar-refractivity contribution in [2.24, 2.45) is 0 Å². The van der Waals surface area contributed by atoms with Crippen LogP contribution < -0.4 is 23.7 Å². The number of aryl methyl sites for hydroxylation is 2. The fourth-order valence-electron chi connectivity index (χ4n) is 6.96. The van der Waals surface area contributed by atoms with Crippen molar-refractivity contribution in [1.29, 1.82) is 0 Å². The van der Waals surface area contributed by atoms with E-state index in [4.69, 9.17) is 28.4 Å². The molecule has 10 heteroatoms. The van der Waals surface area contributed by atoms with Crippen LogP contribution in [-0.4, -0.2) is 62.1 Å². The predicted molar refractivity (Wildman–Crippen MR) is 219 cm³/mol. The van der Waals surface area contributed by atoms with E-state index in [1.807, 2.05) is 53.2 Å². The Morgan fingerprint density at radius 2 is 1.29 bits per heavy atom. The van der Waals surface area contributed by atoms with E-state index in [0.717, 1.165) is 79.8 Å². The Balaban J connectivity index is 0.959. The molecule has 2 aromatic carbocycles. The van der Waals surface area contributed by atoms with Gasteiger partial charge in [0.2, 0.25) is 5.75 Å². The van der Waals surface area contributed by atoms with E-state index in [1.165, 1.54) is 83.1 Å². The highest BCUT2D eigenvalue weighted by Crippen LogP contribution is 2.39. The Bertz CT molecular complexity index is 1580. The summed E-state index contributed by atoms with van der Waals surface area (Å²) in [6.45, 7) is 1.58. The van der Waals surface area contributed by atoms with Gasteiger partial charge in [0.15, 0.2) is 23.0 Å². The van der Waals surface area contributed by atoms with E-state index in [2.05, 4.69) is 16.5 Å². The Labute approximate surface area is 329 Å². The molecule has 0 amide bonds. The number of benzene rings is 2. The van der Waals surface area contributed by atoms with Gasteiger partial charge < -0.3 is 28.4 Å². The van der Waals surface area contributed by atoms with Gasteiger partial charge in [-0.1, -0.05) is 107 Å². The fraction of sp³-hybridized carbons (Fsp3) is 0.578. The number of hydrogen-bond donors (Lipinski definition) is 0. The van der Waals surface area contributed by atoms with Crippen LogP contribution in [0.3, 0.4) is 0 Å². The van der Waals surface area contributed by atoms with Crippen molar-refractivity contribution < 1.29 is 33.2 Å². The maximum Gasteiger partial charge on any atom is 0.330 e. The van der Waals surface area contributed by atoms with Gasteiger partial charge in [-0.25, -0.2) is 4.79 Å². The number of rotatable bonds is 29. The predicted octanol–water partition coefficient (Wildman–Crippen LogP) is 10.6. The molecule has 0 bridgehead atoms. The van der Waals surface area contributed by atoms with Crippen molar-refractivity contribution in [2.75, 3.05) is 35.0 Å². The average molecular weight is 760 g/mol. The van der Waals surface area contributed by atoms with Crippen molar-refractivity contribution in [3.05, 3.63) is 65.5 Å². The topological polar surface area (TPSA) is 103 Å². The largest absolute Gasteiger partial charge is 0.493 e. The fourth-order valence-corrected chi connectivity index (χ4v) is 6.96. The van der Waals surface area contributed by atoms with Gasteiger partial charge >= 0.3 is 5.97 Å². The lowest BCUT2D eigenvalue weighted by molar-refractivity contribution is -0.144. The van der Waals surface area contributed by atoms with Crippen molar-refractivity contribution in [2.45, 2.75) is 135 Å². The molecule has 0 saturated heterocycles. The third-order valence-electron chi connectivity index (χ3n) is 10.1. The van der Waals surface area contributed by atoms with Gasteiger partial charge in [0.25, 0.3) is 0 Å². The molecular formula is C45H65N3O7. The molecule has 0 saturated carbocycles. The summed E-state index contributed by atoms with van der Waals surface area (Å²) >= 11 is 0. The van der Waals surface area contributed by atoms with Crippen molar-refractivity contribution in [3.63, 3.8) is 0 Å². The number of cyclic esters (lactones) is 1. The standard InChI is InChI=1S/C45H65N3O7/c1-50-40-29-28-36(26-27-37-33-42(51-2)45(53-4)43(34-37)52-3)32-41(40)54-31-20-15-13-11-9-7-5-6-8-10-12-14-17-22-38-35-48(47-46-38)30-19-16-18-23-39-24-21-25-44(49)55-39/h21,25-29,32-35,39H,5-20,22-24,30-31H2,1-4H3/b27-26-/t39-/m0/s1. The zero-order valence-electron chi connectivity index (χ0n) is 33.9. The lowest BCUT2D eigenvalue weighted by Crippen LogP contribution is -2.19. The number of carbonyl (C=O) groups is 1. The minimum Gasteiger partial charge on any atom is -0.493 e. The maximum absolute atomic E-state index is 11.3.